The van der Waals surface area contributed by atoms with E-state index in [-0.39, 0.29) is 0 Å². The van der Waals surface area contributed by atoms with Crippen LogP contribution in [0.3, 0.4) is 0 Å². The van der Waals surface area contributed by atoms with Gasteiger partial charge >= 0.3 is 11.3 Å². The number of hydrogen-bond donors (Lipinski definition) is 0. The summed E-state index contributed by atoms with van der Waals surface area (Å²) in [5.74, 6) is 6.80. The van der Waals surface area contributed by atoms with E-state index in [0.29, 0.717) is 5.76 Å². The average Bonchev–Trinajstić information content (AvgIpc) is 2.46. The highest BCUT2D eigenvalue weighted by atomic mass is 16.3. The van der Waals surface area contributed by atoms with Crippen molar-refractivity contribution >= 4 is 11.0 Å². The molecule has 0 saturated carbocycles. The van der Waals surface area contributed by atoms with Crippen LogP contribution in [0.1, 0.15) is 11.3 Å². The Morgan fingerprint density at radius 2 is 1.44 bits per heavy atom. The average molecular weight is 231 g/mol. The number of fused-ring (bicyclic) bond motifs is 1. The fourth-order valence-electron chi connectivity index (χ4n) is 1.75. The number of benzene rings is 2. The first-order valence-corrected chi connectivity index (χ1v) is 5.81. The molecule has 1 heteroatoms. The molecular formula is C17H11O+. The van der Waals surface area contributed by atoms with Crippen LogP contribution in [-0.4, -0.2) is 0 Å². The largest absolute Gasteiger partial charge is 0.404 e. The lowest BCUT2D eigenvalue weighted by Crippen LogP contribution is -1.77. The van der Waals surface area contributed by atoms with Crippen LogP contribution in [0.2, 0.25) is 0 Å². The Labute approximate surface area is 106 Å². The molecular weight excluding hydrogens is 220 g/mol. The minimum absolute atomic E-state index is 0.678. The number of rotatable bonds is 0. The maximum Gasteiger partial charge on any atom is 0.404 e. The van der Waals surface area contributed by atoms with E-state index >= 15 is 0 Å². The highest BCUT2D eigenvalue weighted by Crippen LogP contribution is 2.14. The van der Waals surface area contributed by atoms with Crippen LogP contribution in [0.15, 0.2) is 71.1 Å². The summed E-state index contributed by atoms with van der Waals surface area (Å²) in [6.07, 6.45) is 0. The Bertz CT molecular complexity index is 733. The van der Waals surface area contributed by atoms with Crippen molar-refractivity contribution in [1.82, 2.24) is 0 Å². The topological polar surface area (TPSA) is 11.3 Å². The van der Waals surface area contributed by atoms with Gasteiger partial charge in [-0.25, -0.2) is 0 Å². The molecule has 3 rings (SSSR count). The Morgan fingerprint density at radius 3 is 2.33 bits per heavy atom. The second-order valence-corrected chi connectivity index (χ2v) is 3.95. The summed E-state index contributed by atoms with van der Waals surface area (Å²) in [5.41, 5.74) is 1.85. The van der Waals surface area contributed by atoms with Gasteiger partial charge in [-0.05, 0) is 24.3 Å². The third-order valence-corrected chi connectivity index (χ3v) is 2.66. The summed E-state index contributed by atoms with van der Waals surface area (Å²) in [7, 11) is 0. The molecule has 3 aromatic rings. The number of hydrogen-bond acceptors (Lipinski definition) is 0. The fourth-order valence-corrected chi connectivity index (χ4v) is 1.75. The van der Waals surface area contributed by atoms with Gasteiger partial charge in [-0.15, -0.1) is 0 Å². The van der Waals surface area contributed by atoms with Crippen LogP contribution in [-0.2, 0) is 0 Å². The van der Waals surface area contributed by atoms with Gasteiger partial charge in [0.2, 0.25) is 0 Å². The quantitative estimate of drug-likeness (QED) is 0.418. The summed E-state index contributed by atoms with van der Waals surface area (Å²) < 4.78 is 5.71. The van der Waals surface area contributed by atoms with E-state index in [1.807, 2.05) is 66.7 Å². The Morgan fingerprint density at radius 1 is 0.667 bits per heavy atom. The van der Waals surface area contributed by atoms with Crippen LogP contribution in [0, 0.1) is 11.8 Å². The molecule has 18 heavy (non-hydrogen) atoms. The van der Waals surface area contributed by atoms with Gasteiger partial charge in [-0.2, -0.15) is 4.42 Å². The van der Waals surface area contributed by atoms with Crippen molar-refractivity contribution in [3.63, 3.8) is 0 Å². The van der Waals surface area contributed by atoms with Crippen LogP contribution < -0.4 is 0 Å². The maximum absolute atomic E-state index is 5.71. The first-order chi connectivity index (χ1) is 8.92. The molecule has 0 saturated heterocycles. The Hall–Kier alpha value is -2.59. The first-order valence-electron chi connectivity index (χ1n) is 5.81. The zero-order valence-corrected chi connectivity index (χ0v) is 9.76. The summed E-state index contributed by atoms with van der Waals surface area (Å²) in [6, 6.07) is 21.7. The SMILES string of the molecule is C(#Cc1ccc2ccccc2[o+]1)c1ccccc1. The zero-order valence-electron chi connectivity index (χ0n) is 9.76. The predicted molar refractivity (Wildman–Crippen MR) is 73.0 cm³/mol. The van der Waals surface area contributed by atoms with Gasteiger partial charge in [0, 0.05) is 17.6 Å². The molecule has 1 heterocycles. The van der Waals surface area contributed by atoms with E-state index in [2.05, 4.69) is 11.8 Å². The molecule has 0 N–H and O–H groups in total. The monoisotopic (exact) mass is 231 g/mol. The lowest BCUT2D eigenvalue weighted by Gasteiger charge is -1.86. The molecule has 0 aliphatic rings. The first kappa shape index (κ1) is 10.6. The van der Waals surface area contributed by atoms with Gasteiger partial charge in [0.25, 0.3) is 0 Å². The summed E-state index contributed by atoms with van der Waals surface area (Å²) in [4.78, 5) is 0. The second kappa shape index (κ2) is 4.73. The molecule has 0 unspecified atom stereocenters. The molecule has 0 aliphatic heterocycles. The summed E-state index contributed by atoms with van der Waals surface area (Å²) in [5, 5.41) is 1.09. The molecule has 1 aromatic heterocycles. The van der Waals surface area contributed by atoms with Crippen molar-refractivity contribution in [2.24, 2.45) is 0 Å². The molecule has 0 aliphatic carbocycles. The van der Waals surface area contributed by atoms with Crippen molar-refractivity contribution in [3.8, 4) is 11.8 Å². The maximum atomic E-state index is 5.71. The van der Waals surface area contributed by atoms with E-state index in [1.165, 1.54) is 0 Å². The molecule has 0 bridgehead atoms. The van der Waals surface area contributed by atoms with Crippen LogP contribution in [0.5, 0.6) is 0 Å². The molecule has 2 aromatic carbocycles. The summed E-state index contributed by atoms with van der Waals surface area (Å²) in [6.45, 7) is 0. The van der Waals surface area contributed by atoms with Crippen LogP contribution >= 0.6 is 0 Å². The highest BCUT2D eigenvalue weighted by molar-refractivity contribution is 5.76. The van der Waals surface area contributed by atoms with Gasteiger partial charge < -0.3 is 0 Å². The fraction of sp³-hybridized carbons (Fsp3) is 0. The minimum Gasteiger partial charge on any atom is -0.198 e. The van der Waals surface area contributed by atoms with E-state index in [4.69, 9.17) is 4.42 Å². The van der Waals surface area contributed by atoms with Crippen LogP contribution in [0.4, 0.5) is 0 Å². The Kier molecular flexibility index (Phi) is 2.77. The highest BCUT2D eigenvalue weighted by Gasteiger charge is 2.07. The van der Waals surface area contributed by atoms with E-state index in [1.54, 1.807) is 0 Å². The normalized spacial score (nSPS) is 9.78. The third-order valence-electron chi connectivity index (χ3n) is 2.66. The molecule has 84 valence electrons. The van der Waals surface area contributed by atoms with Gasteiger partial charge in [0.1, 0.15) is 0 Å². The Balaban J connectivity index is 1.99. The molecule has 0 amide bonds. The van der Waals surface area contributed by atoms with E-state index < -0.39 is 0 Å². The molecule has 1 nitrogen and oxygen atoms in total. The third kappa shape index (κ3) is 2.23. The van der Waals surface area contributed by atoms with Crippen molar-refractivity contribution < 1.29 is 4.42 Å². The second-order valence-electron chi connectivity index (χ2n) is 3.95. The van der Waals surface area contributed by atoms with E-state index in [0.717, 1.165) is 16.5 Å². The standard InChI is InChI=1S/C17H11O/c1-2-6-14(7-3-1)10-12-16-13-11-15-8-4-5-9-17(15)18-16/h1-9,11,13H/q+1. The van der Waals surface area contributed by atoms with Gasteiger partial charge in [0.05, 0.1) is 11.5 Å². The smallest absolute Gasteiger partial charge is 0.198 e. The molecule has 0 atom stereocenters. The van der Waals surface area contributed by atoms with Gasteiger partial charge in [-0.1, -0.05) is 36.3 Å². The lowest BCUT2D eigenvalue weighted by atomic mass is 10.2. The van der Waals surface area contributed by atoms with Crippen molar-refractivity contribution in [1.29, 1.82) is 0 Å². The minimum atomic E-state index is 0.678. The van der Waals surface area contributed by atoms with Crippen molar-refractivity contribution in [3.05, 3.63) is 78.1 Å². The predicted octanol–water partition coefficient (Wildman–Crippen LogP) is 4.11. The van der Waals surface area contributed by atoms with Gasteiger partial charge in [0.15, 0.2) is 0 Å². The number of para-hydroxylation sites is 1. The summed E-state index contributed by atoms with van der Waals surface area (Å²) >= 11 is 0. The zero-order chi connectivity index (χ0) is 12.2. The van der Waals surface area contributed by atoms with Gasteiger partial charge in [-0.3, -0.25) is 0 Å². The van der Waals surface area contributed by atoms with Crippen molar-refractivity contribution in [2.45, 2.75) is 0 Å². The van der Waals surface area contributed by atoms with E-state index in [9.17, 15) is 0 Å². The molecule has 0 radical (unpaired) electrons. The van der Waals surface area contributed by atoms with Crippen molar-refractivity contribution in [2.75, 3.05) is 0 Å². The molecule has 0 spiro atoms. The lowest BCUT2D eigenvalue weighted by molar-refractivity contribution is 0.589. The van der Waals surface area contributed by atoms with Crippen LogP contribution in [0.25, 0.3) is 11.0 Å². The molecule has 0 fully saturated rings.